The minimum absolute atomic E-state index is 0.000751. The number of hydrogen-bond donors (Lipinski definition) is 1. The van der Waals surface area contributed by atoms with Crippen LogP contribution in [0.3, 0.4) is 0 Å². The Morgan fingerprint density at radius 1 is 1.20 bits per heavy atom. The van der Waals surface area contributed by atoms with E-state index in [0.717, 1.165) is 6.07 Å². The highest BCUT2D eigenvalue weighted by Crippen LogP contribution is 2.21. The van der Waals surface area contributed by atoms with Gasteiger partial charge in [-0.05, 0) is 42.8 Å². The molecule has 0 saturated heterocycles. The summed E-state index contributed by atoms with van der Waals surface area (Å²) in [5, 5.41) is 8.83. The van der Waals surface area contributed by atoms with E-state index in [1.807, 2.05) is 6.07 Å². The molecule has 0 amide bonds. The summed E-state index contributed by atoms with van der Waals surface area (Å²) in [5.41, 5.74) is 0.884. The van der Waals surface area contributed by atoms with Gasteiger partial charge in [0.2, 0.25) is 0 Å². The topological polar surface area (TPSA) is 70.0 Å². The van der Waals surface area contributed by atoms with Gasteiger partial charge in [0, 0.05) is 0 Å². The summed E-state index contributed by atoms with van der Waals surface area (Å²) >= 11 is 0. The van der Waals surface area contributed by atoms with Crippen LogP contribution in [0.2, 0.25) is 0 Å². The first kappa shape index (κ1) is 14.0. The molecular formula is C14H11FN2O2S. The molecule has 6 heteroatoms. The lowest BCUT2D eigenvalue weighted by molar-refractivity contribution is 0.600. The molecule has 0 aliphatic heterocycles. The second-order valence-electron chi connectivity index (χ2n) is 4.21. The quantitative estimate of drug-likeness (QED) is 0.945. The molecule has 1 N–H and O–H groups in total. The molecule has 0 heterocycles. The van der Waals surface area contributed by atoms with Crippen LogP contribution in [0.15, 0.2) is 47.4 Å². The smallest absolute Gasteiger partial charge is 0.262 e. The number of hydrogen-bond acceptors (Lipinski definition) is 3. The Morgan fingerprint density at radius 2 is 1.95 bits per heavy atom. The van der Waals surface area contributed by atoms with Gasteiger partial charge in [-0.3, -0.25) is 4.72 Å². The normalized spacial score (nSPS) is 10.8. The fourth-order valence-electron chi connectivity index (χ4n) is 1.72. The van der Waals surface area contributed by atoms with E-state index in [4.69, 9.17) is 5.26 Å². The Kier molecular flexibility index (Phi) is 3.72. The van der Waals surface area contributed by atoms with Crippen molar-refractivity contribution in [3.05, 3.63) is 59.4 Å². The molecule has 0 unspecified atom stereocenters. The zero-order valence-corrected chi connectivity index (χ0v) is 11.4. The summed E-state index contributed by atoms with van der Waals surface area (Å²) in [7, 11) is -3.86. The van der Waals surface area contributed by atoms with Crippen LogP contribution < -0.4 is 4.72 Å². The lowest BCUT2D eigenvalue weighted by atomic mass is 10.2. The van der Waals surface area contributed by atoms with E-state index in [9.17, 15) is 12.8 Å². The predicted molar refractivity (Wildman–Crippen MR) is 73.1 cm³/mol. The molecular weight excluding hydrogens is 279 g/mol. The highest BCUT2D eigenvalue weighted by molar-refractivity contribution is 7.92. The molecule has 0 aliphatic carbocycles. The first-order valence-corrected chi connectivity index (χ1v) is 7.20. The van der Waals surface area contributed by atoms with Crippen LogP contribution in [0.5, 0.6) is 0 Å². The maximum atomic E-state index is 13.1. The van der Waals surface area contributed by atoms with Crippen LogP contribution in [0.1, 0.15) is 11.1 Å². The number of aryl methyl sites for hydroxylation is 1. The lowest BCUT2D eigenvalue weighted by Gasteiger charge is -2.10. The third-order valence-corrected chi connectivity index (χ3v) is 4.21. The van der Waals surface area contributed by atoms with Gasteiger partial charge in [0.25, 0.3) is 10.0 Å². The molecule has 102 valence electrons. The van der Waals surface area contributed by atoms with Crippen molar-refractivity contribution >= 4 is 15.7 Å². The first-order chi connectivity index (χ1) is 9.42. The van der Waals surface area contributed by atoms with Crippen molar-refractivity contribution in [1.29, 1.82) is 5.26 Å². The van der Waals surface area contributed by atoms with E-state index in [1.54, 1.807) is 13.0 Å². The summed E-state index contributed by atoms with van der Waals surface area (Å²) in [5.74, 6) is -0.535. The van der Waals surface area contributed by atoms with Crippen LogP contribution >= 0.6 is 0 Å². The number of sulfonamides is 1. The summed E-state index contributed by atoms with van der Waals surface area (Å²) in [6.45, 7) is 1.63. The molecule has 4 nitrogen and oxygen atoms in total. The maximum absolute atomic E-state index is 13.1. The fourth-order valence-corrected chi connectivity index (χ4v) is 3.04. The third-order valence-electron chi connectivity index (χ3n) is 2.68. The molecule has 0 fully saturated rings. The van der Waals surface area contributed by atoms with Gasteiger partial charge in [0.05, 0.1) is 22.2 Å². The average molecular weight is 290 g/mol. The summed E-state index contributed by atoms with van der Waals surface area (Å²) < 4.78 is 39.9. The summed E-state index contributed by atoms with van der Waals surface area (Å²) in [6.07, 6.45) is 0. The molecule has 0 aliphatic rings. The van der Waals surface area contributed by atoms with Gasteiger partial charge in [0.15, 0.2) is 0 Å². The second-order valence-corrected chi connectivity index (χ2v) is 5.86. The fraction of sp³-hybridized carbons (Fsp3) is 0.0714. The molecule has 0 bridgehead atoms. The number of anilines is 1. The van der Waals surface area contributed by atoms with Crippen molar-refractivity contribution in [3.8, 4) is 6.07 Å². The standard InChI is InChI=1S/C14H11FN2O2S/c1-10-5-6-11(9-16)7-14(10)20(18,19)17-13-4-2-3-12(15)8-13/h2-8,17H,1H3. The molecule has 0 aromatic heterocycles. The Bertz CT molecular complexity index is 795. The number of halogens is 1. The van der Waals surface area contributed by atoms with Crippen LogP contribution in [-0.4, -0.2) is 8.42 Å². The SMILES string of the molecule is Cc1ccc(C#N)cc1S(=O)(=O)Nc1cccc(F)c1. The van der Waals surface area contributed by atoms with Crippen molar-refractivity contribution in [2.24, 2.45) is 0 Å². The summed E-state index contributed by atoms with van der Waals surface area (Å²) in [4.78, 5) is 0.000751. The van der Waals surface area contributed by atoms with Gasteiger partial charge >= 0.3 is 0 Å². The zero-order valence-electron chi connectivity index (χ0n) is 10.6. The summed E-state index contributed by atoms with van der Waals surface area (Å²) in [6, 6.07) is 11.4. The number of nitriles is 1. The third kappa shape index (κ3) is 2.95. The largest absolute Gasteiger partial charge is 0.280 e. The van der Waals surface area contributed by atoms with Crippen molar-refractivity contribution in [2.75, 3.05) is 4.72 Å². The van der Waals surface area contributed by atoms with Gasteiger partial charge in [-0.1, -0.05) is 12.1 Å². The van der Waals surface area contributed by atoms with Gasteiger partial charge in [0.1, 0.15) is 5.82 Å². The minimum atomic E-state index is -3.86. The molecule has 0 atom stereocenters. The van der Waals surface area contributed by atoms with Crippen LogP contribution in [0.4, 0.5) is 10.1 Å². The van der Waals surface area contributed by atoms with E-state index in [-0.39, 0.29) is 16.1 Å². The minimum Gasteiger partial charge on any atom is -0.280 e. The van der Waals surface area contributed by atoms with Gasteiger partial charge in [-0.15, -0.1) is 0 Å². The molecule has 2 aromatic rings. The van der Waals surface area contributed by atoms with E-state index >= 15 is 0 Å². The van der Waals surface area contributed by atoms with Crippen molar-refractivity contribution in [1.82, 2.24) is 0 Å². The number of rotatable bonds is 3. The van der Waals surface area contributed by atoms with Crippen LogP contribution in [0.25, 0.3) is 0 Å². The van der Waals surface area contributed by atoms with Crippen molar-refractivity contribution in [3.63, 3.8) is 0 Å². The van der Waals surface area contributed by atoms with Crippen molar-refractivity contribution in [2.45, 2.75) is 11.8 Å². The lowest BCUT2D eigenvalue weighted by Crippen LogP contribution is -2.14. The number of benzene rings is 2. The van der Waals surface area contributed by atoms with Crippen molar-refractivity contribution < 1.29 is 12.8 Å². The highest BCUT2D eigenvalue weighted by Gasteiger charge is 2.17. The van der Waals surface area contributed by atoms with Gasteiger partial charge in [-0.25, -0.2) is 12.8 Å². The first-order valence-electron chi connectivity index (χ1n) is 5.71. The Morgan fingerprint density at radius 3 is 2.60 bits per heavy atom. The van der Waals surface area contributed by atoms with Crippen LogP contribution in [-0.2, 0) is 10.0 Å². The zero-order chi connectivity index (χ0) is 14.8. The predicted octanol–water partition coefficient (Wildman–Crippen LogP) is 2.81. The second kappa shape index (κ2) is 5.31. The van der Waals surface area contributed by atoms with Gasteiger partial charge < -0.3 is 0 Å². The Hall–Kier alpha value is -2.39. The molecule has 0 saturated carbocycles. The Balaban J connectivity index is 2.43. The van der Waals surface area contributed by atoms with E-state index in [2.05, 4.69) is 4.72 Å². The van der Waals surface area contributed by atoms with E-state index < -0.39 is 15.8 Å². The van der Waals surface area contributed by atoms with Gasteiger partial charge in [-0.2, -0.15) is 5.26 Å². The maximum Gasteiger partial charge on any atom is 0.262 e. The van der Waals surface area contributed by atoms with Crippen LogP contribution in [0, 0.1) is 24.1 Å². The number of nitrogens with one attached hydrogen (secondary N) is 1. The molecule has 0 radical (unpaired) electrons. The monoisotopic (exact) mass is 290 g/mol. The van der Waals surface area contributed by atoms with E-state index in [0.29, 0.717) is 5.56 Å². The highest BCUT2D eigenvalue weighted by atomic mass is 32.2. The molecule has 0 spiro atoms. The molecule has 2 rings (SSSR count). The molecule has 2 aromatic carbocycles. The van der Waals surface area contributed by atoms with E-state index in [1.165, 1.54) is 30.3 Å². The average Bonchev–Trinajstić information content (AvgIpc) is 2.38. The Labute approximate surface area is 116 Å². The number of nitrogens with zero attached hydrogens (tertiary/aromatic N) is 1. The molecule has 20 heavy (non-hydrogen) atoms.